The lowest BCUT2D eigenvalue weighted by atomic mass is 9.89. The van der Waals surface area contributed by atoms with Crippen LogP contribution in [-0.2, 0) is 23.8 Å². The minimum absolute atomic E-state index is 0.0322. The lowest BCUT2D eigenvalue weighted by Gasteiger charge is -2.39. The number of aromatic amines is 2. The lowest BCUT2D eigenvalue weighted by Crippen LogP contribution is -2.55. The van der Waals surface area contributed by atoms with E-state index in [0.29, 0.717) is 32.6 Å². The summed E-state index contributed by atoms with van der Waals surface area (Å²) in [6.07, 6.45) is 4.69. The molecular weight excluding hydrogens is 801 g/mol. The van der Waals surface area contributed by atoms with Crippen LogP contribution in [0.2, 0.25) is 0 Å². The van der Waals surface area contributed by atoms with Gasteiger partial charge in [-0.15, -0.1) is 0 Å². The largest absolute Gasteiger partial charge is 0.453 e. The highest BCUT2D eigenvalue weighted by molar-refractivity contribution is 6.07. The molecule has 1 aliphatic carbocycles. The topological polar surface area (TPSA) is 184 Å². The second kappa shape index (κ2) is 16.5. The number of likely N-dealkylation sites (tertiary alicyclic amines) is 2. The summed E-state index contributed by atoms with van der Waals surface area (Å²) in [7, 11) is 2.63. The molecule has 1 saturated carbocycles. The molecule has 4 amide bonds. The normalized spacial score (nSPS) is 22.4. The molecule has 0 radical (unpaired) electrons. The number of ether oxygens (including phenoxy) is 3. The number of benzene rings is 4. The Balaban J connectivity index is 0.917. The number of nitrogens with zero attached hydrogens (tertiary/aromatic N) is 4. The van der Waals surface area contributed by atoms with Crippen LogP contribution in [0.15, 0.2) is 60.7 Å². The molecule has 4 N–H and O–H groups in total. The standard InChI is InChI=1S/C48H54N8O7/c1-25(2)38(53-47(59)61-3)45(57)55-19-5-6-37(55)43-49-35-15-10-29-22-27(8-13-33(29)40(35)51-43)28-9-14-34-30(23-28)11-16-36-41(34)52-44(50-36)42-31-7-12-32(24-31)56(42)46(58)39(54-48(60)62-4)26-17-20-63-21-18-26/h8-11,13-16,22-23,25-26,31-32,37-39,42H,5-7,12,17-21,24H2,1-4H3,(H,49,51)(H,50,52)(H,53,59)(H,54,60)/t31-,32+,37-,38-,39?,42-/m0/s1. The molecule has 15 heteroatoms. The van der Waals surface area contributed by atoms with E-state index in [1.807, 2.05) is 29.7 Å². The summed E-state index contributed by atoms with van der Waals surface area (Å²) in [5, 5.41) is 9.77. The molecule has 10 rings (SSSR count). The Bertz CT molecular complexity index is 2760. The zero-order chi connectivity index (χ0) is 43.5. The second-order valence-electron chi connectivity index (χ2n) is 18.1. The average molecular weight is 855 g/mol. The van der Waals surface area contributed by atoms with Gasteiger partial charge in [0, 0.05) is 36.6 Å². The second-order valence-corrected chi connectivity index (χ2v) is 18.1. The molecule has 4 aliphatic rings. The molecule has 2 bridgehead atoms. The summed E-state index contributed by atoms with van der Waals surface area (Å²) >= 11 is 0. The Morgan fingerprint density at radius 2 is 1.37 bits per heavy atom. The van der Waals surface area contributed by atoms with Crippen molar-refractivity contribution in [3.63, 3.8) is 0 Å². The highest BCUT2D eigenvalue weighted by atomic mass is 16.5. The van der Waals surface area contributed by atoms with Gasteiger partial charge in [-0.2, -0.15) is 0 Å². The van der Waals surface area contributed by atoms with Crippen molar-refractivity contribution >= 4 is 67.6 Å². The number of carbonyl (C=O) groups excluding carboxylic acids is 4. The smallest absolute Gasteiger partial charge is 0.407 e. The summed E-state index contributed by atoms with van der Waals surface area (Å²) in [5.74, 6) is 1.46. The van der Waals surface area contributed by atoms with Gasteiger partial charge < -0.3 is 44.6 Å². The Morgan fingerprint density at radius 3 is 2.00 bits per heavy atom. The minimum Gasteiger partial charge on any atom is -0.453 e. The van der Waals surface area contributed by atoms with Crippen LogP contribution in [0.25, 0.3) is 54.7 Å². The van der Waals surface area contributed by atoms with E-state index in [0.717, 1.165) is 98.5 Å². The van der Waals surface area contributed by atoms with Crippen LogP contribution >= 0.6 is 0 Å². The van der Waals surface area contributed by atoms with Crippen molar-refractivity contribution in [3.05, 3.63) is 72.3 Å². The maximum atomic E-state index is 14.5. The number of rotatable bonds is 9. The van der Waals surface area contributed by atoms with Crippen LogP contribution in [0.3, 0.4) is 0 Å². The number of aromatic nitrogens is 4. The van der Waals surface area contributed by atoms with E-state index in [1.54, 1.807) is 0 Å². The number of hydrogen-bond acceptors (Lipinski definition) is 9. The van der Waals surface area contributed by atoms with Crippen molar-refractivity contribution in [2.24, 2.45) is 17.8 Å². The number of imidazole rings is 2. The van der Waals surface area contributed by atoms with Gasteiger partial charge in [0.2, 0.25) is 11.8 Å². The van der Waals surface area contributed by atoms with E-state index in [9.17, 15) is 19.2 Å². The first-order chi connectivity index (χ1) is 30.6. The molecular formula is C48H54N8O7. The van der Waals surface area contributed by atoms with E-state index in [-0.39, 0.29) is 47.7 Å². The zero-order valence-corrected chi connectivity index (χ0v) is 36.1. The van der Waals surface area contributed by atoms with Gasteiger partial charge in [-0.05, 0) is 109 Å². The highest BCUT2D eigenvalue weighted by Crippen LogP contribution is 2.50. The van der Waals surface area contributed by atoms with E-state index in [4.69, 9.17) is 24.2 Å². The summed E-state index contributed by atoms with van der Waals surface area (Å²) < 4.78 is 15.4. The third-order valence-electron chi connectivity index (χ3n) is 14.1. The van der Waals surface area contributed by atoms with Gasteiger partial charge in [0.05, 0.1) is 48.4 Å². The fourth-order valence-corrected chi connectivity index (χ4v) is 10.9. The quantitative estimate of drug-likeness (QED) is 0.113. The Labute approximate surface area is 364 Å². The summed E-state index contributed by atoms with van der Waals surface area (Å²) in [4.78, 5) is 74.2. The van der Waals surface area contributed by atoms with Crippen LogP contribution in [0.5, 0.6) is 0 Å². The fourth-order valence-electron chi connectivity index (χ4n) is 10.9. The van der Waals surface area contributed by atoms with Crippen molar-refractivity contribution in [1.82, 2.24) is 40.4 Å². The van der Waals surface area contributed by atoms with E-state index in [1.165, 1.54) is 14.2 Å². The Hall–Kier alpha value is -6.22. The van der Waals surface area contributed by atoms with Crippen LogP contribution in [0, 0.1) is 17.8 Å². The van der Waals surface area contributed by atoms with Gasteiger partial charge in [-0.25, -0.2) is 19.6 Å². The predicted octanol–water partition coefficient (Wildman–Crippen LogP) is 7.66. The highest BCUT2D eigenvalue weighted by Gasteiger charge is 2.52. The molecule has 4 aromatic carbocycles. The maximum absolute atomic E-state index is 14.5. The van der Waals surface area contributed by atoms with Crippen LogP contribution in [0.4, 0.5) is 9.59 Å². The number of alkyl carbamates (subject to hydrolysis) is 2. The van der Waals surface area contributed by atoms with Gasteiger partial charge in [-0.3, -0.25) is 9.59 Å². The molecule has 0 spiro atoms. The van der Waals surface area contributed by atoms with Crippen LogP contribution in [0.1, 0.15) is 82.5 Å². The molecule has 2 aromatic heterocycles. The molecule has 3 saturated heterocycles. The Kier molecular flexibility index (Phi) is 10.7. The molecule has 3 aliphatic heterocycles. The molecule has 6 aromatic rings. The summed E-state index contributed by atoms with van der Waals surface area (Å²) in [5.41, 5.74) is 5.69. The molecule has 6 atom stereocenters. The fraction of sp³-hybridized carbons (Fsp3) is 0.458. The number of H-pyrrole nitrogens is 2. The molecule has 4 fully saturated rings. The van der Waals surface area contributed by atoms with Crippen LogP contribution < -0.4 is 10.6 Å². The third-order valence-corrected chi connectivity index (χ3v) is 14.1. The van der Waals surface area contributed by atoms with Gasteiger partial charge in [0.15, 0.2) is 0 Å². The van der Waals surface area contributed by atoms with Gasteiger partial charge in [0.1, 0.15) is 23.7 Å². The van der Waals surface area contributed by atoms with Gasteiger partial charge >= 0.3 is 12.2 Å². The van der Waals surface area contributed by atoms with Crippen molar-refractivity contribution in [3.8, 4) is 11.1 Å². The number of amides is 4. The SMILES string of the molecule is COC(=O)NC(C(=O)N1[C@@H]2CC[C@@H](C2)[C@H]1c1nc2c(ccc3cc(-c4ccc5c(ccc6[nH]c([C@@H]7CCCN7C(=O)[C@@H](NC(=O)OC)C(C)C)nc65)c4)ccc32)[nH]1)C1CCOCC1. The number of fused-ring (bicyclic) bond motifs is 8. The van der Waals surface area contributed by atoms with E-state index >= 15 is 0 Å². The van der Waals surface area contributed by atoms with Crippen LogP contribution in [-0.4, -0.2) is 106 Å². The summed E-state index contributed by atoms with van der Waals surface area (Å²) in [6.45, 7) is 5.54. The lowest BCUT2D eigenvalue weighted by molar-refractivity contribution is -0.140. The number of piperidine rings is 1. The Morgan fingerprint density at radius 1 is 0.746 bits per heavy atom. The first-order valence-corrected chi connectivity index (χ1v) is 22.3. The van der Waals surface area contributed by atoms with E-state index < -0.39 is 24.3 Å². The van der Waals surface area contributed by atoms with Crippen molar-refractivity contribution in [2.45, 2.75) is 89.0 Å². The molecule has 5 heterocycles. The van der Waals surface area contributed by atoms with Gasteiger partial charge in [0.25, 0.3) is 0 Å². The number of methoxy groups -OCH3 is 2. The predicted molar refractivity (Wildman–Crippen MR) is 238 cm³/mol. The monoisotopic (exact) mass is 854 g/mol. The minimum atomic E-state index is -0.700. The third kappa shape index (κ3) is 7.29. The number of carbonyl (C=O) groups is 4. The van der Waals surface area contributed by atoms with E-state index in [2.05, 4.69) is 75.2 Å². The number of nitrogens with one attached hydrogen (secondary N) is 4. The van der Waals surface area contributed by atoms with Gasteiger partial charge in [-0.1, -0.05) is 50.2 Å². The zero-order valence-electron chi connectivity index (χ0n) is 36.1. The molecule has 15 nitrogen and oxygen atoms in total. The summed E-state index contributed by atoms with van der Waals surface area (Å²) in [6, 6.07) is 19.5. The maximum Gasteiger partial charge on any atom is 0.407 e. The first kappa shape index (κ1) is 40.8. The molecule has 1 unspecified atom stereocenters. The van der Waals surface area contributed by atoms with Crippen molar-refractivity contribution in [2.75, 3.05) is 34.0 Å². The molecule has 63 heavy (non-hydrogen) atoms. The molecule has 328 valence electrons. The average Bonchev–Trinajstić information content (AvgIpc) is 4.17. The number of hydrogen-bond donors (Lipinski definition) is 4. The van der Waals surface area contributed by atoms with Crippen molar-refractivity contribution in [1.29, 1.82) is 0 Å². The van der Waals surface area contributed by atoms with Crippen molar-refractivity contribution < 1.29 is 33.4 Å². The first-order valence-electron chi connectivity index (χ1n) is 22.3.